The van der Waals surface area contributed by atoms with Crippen molar-refractivity contribution in [2.24, 2.45) is 0 Å². The number of nitrogens with one attached hydrogen (secondary N) is 1. The number of carboxylic acid groups (broad SMARTS) is 1. The number of ketones is 1. The first-order valence-electron chi connectivity index (χ1n) is 13.1. The second-order valence-corrected chi connectivity index (χ2v) is 12.2. The third kappa shape index (κ3) is 4.63. The molecule has 8 nitrogen and oxygen atoms in total. The molecular formula is C32H26N2O6S. The summed E-state index contributed by atoms with van der Waals surface area (Å²) in [5.74, 6) is -2.07. The van der Waals surface area contributed by atoms with Crippen LogP contribution in [-0.4, -0.2) is 42.0 Å². The van der Waals surface area contributed by atoms with Crippen LogP contribution in [0.1, 0.15) is 54.6 Å². The lowest BCUT2D eigenvalue weighted by Crippen LogP contribution is -2.37. The first-order chi connectivity index (χ1) is 19.6. The highest BCUT2D eigenvalue weighted by Gasteiger charge is 2.33. The fourth-order valence-corrected chi connectivity index (χ4v) is 7.15. The van der Waals surface area contributed by atoms with Crippen molar-refractivity contribution in [3.05, 3.63) is 124 Å². The summed E-state index contributed by atoms with van der Waals surface area (Å²) in [6.45, 7) is 2.23. The molecule has 6 rings (SSSR count). The van der Waals surface area contributed by atoms with E-state index in [4.69, 9.17) is 0 Å². The summed E-state index contributed by atoms with van der Waals surface area (Å²) < 4.78 is 28.1. The molecule has 9 heteroatoms. The van der Waals surface area contributed by atoms with Gasteiger partial charge in [0.2, 0.25) is 10.0 Å². The van der Waals surface area contributed by atoms with Crippen LogP contribution in [0.25, 0.3) is 11.1 Å². The van der Waals surface area contributed by atoms with Gasteiger partial charge in [-0.15, -0.1) is 0 Å². The van der Waals surface area contributed by atoms with Crippen molar-refractivity contribution in [2.75, 3.05) is 6.54 Å². The zero-order valence-corrected chi connectivity index (χ0v) is 22.9. The number of aliphatic carboxylic acids is 1. The van der Waals surface area contributed by atoms with E-state index in [2.05, 4.69) is 5.32 Å². The fourth-order valence-electron chi connectivity index (χ4n) is 5.62. The maximum absolute atomic E-state index is 13.5. The van der Waals surface area contributed by atoms with Gasteiger partial charge < -0.3 is 10.4 Å². The van der Waals surface area contributed by atoms with E-state index in [1.165, 1.54) is 4.31 Å². The molecule has 41 heavy (non-hydrogen) atoms. The third-order valence-corrected chi connectivity index (χ3v) is 9.53. The summed E-state index contributed by atoms with van der Waals surface area (Å²) in [5.41, 5.74) is 4.99. The van der Waals surface area contributed by atoms with E-state index in [0.29, 0.717) is 46.3 Å². The van der Waals surface area contributed by atoms with Gasteiger partial charge in [0, 0.05) is 35.3 Å². The van der Waals surface area contributed by atoms with E-state index in [9.17, 15) is 27.9 Å². The maximum atomic E-state index is 13.5. The topological polar surface area (TPSA) is 121 Å². The SMILES string of the molecule is Cc1cccc(S(=O)(=O)N2CCc3ccc(C(NC(=O)c4cccc5c4-c4ccccc4C5=O)C(=O)O)cc3C2)c1. The van der Waals surface area contributed by atoms with Gasteiger partial charge in [-0.2, -0.15) is 4.31 Å². The molecule has 1 unspecified atom stereocenters. The van der Waals surface area contributed by atoms with Crippen molar-refractivity contribution >= 4 is 27.7 Å². The van der Waals surface area contributed by atoms with Gasteiger partial charge in [-0.1, -0.05) is 66.7 Å². The number of carbonyl (C=O) groups is 3. The van der Waals surface area contributed by atoms with Gasteiger partial charge in [-0.3, -0.25) is 9.59 Å². The molecule has 1 heterocycles. The molecule has 0 spiro atoms. The van der Waals surface area contributed by atoms with E-state index in [0.717, 1.165) is 11.1 Å². The van der Waals surface area contributed by atoms with E-state index in [1.807, 2.05) is 13.0 Å². The maximum Gasteiger partial charge on any atom is 0.330 e. The zero-order valence-electron chi connectivity index (χ0n) is 22.1. The van der Waals surface area contributed by atoms with Crippen LogP contribution >= 0.6 is 0 Å². The van der Waals surface area contributed by atoms with E-state index in [1.54, 1.807) is 78.9 Å². The average molecular weight is 567 g/mol. The molecule has 0 fully saturated rings. The van der Waals surface area contributed by atoms with Crippen LogP contribution in [0.4, 0.5) is 0 Å². The number of fused-ring (bicyclic) bond motifs is 4. The first-order valence-corrected chi connectivity index (χ1v) is 14.6. The standard InChI is InChI=1S/C32H26N2O6S/c1-19-6-4-7-23(16-19)41(39,40)34-15-14-20-12-13-21(17-22(20)18-34)29(32(37)38)33-31(36)27-11-5-10-26-28(27)24-8-2-3-9-25(24)30(26)35/h2-13,16-17,29H,14-15,18H2,1H3,(H,33,36)(H,37,38). The number of hydrogen-bond donors (Lipinski definition) is 2. The Labute approximate surface area is 237 Å². The second kappa shape index (κ2) is 10.1. The number of nitrogens with zero attached hydrogens (tertiary/aromatic N) is 1. The molecule has 0 radical (unpaired) electrons. The van der Waals surface area contributed by atoms with Crippen LogP contribution < -0.4 is 5.32 Å². The smallest absolute Gasteiger partial charge is 0.330 e. The molecule has 1 amide bonds. The van der Waals surface area contributed by atoms with Crippen molar-refractivity contribution in [1.29, 1.82) is 0 Å². The minimum Gasteiger partial charge on any atom is -0.479 e. The monoisotopic (exact) mass is 566 g/mol. The Hall–Kier alpha value is -4.60. The minimum absolute atomic E-state index is 0.0881. The van der Waals surface area contributed by atoms with Crippen LogP contribution in [0.5, 0.6) is 0 Å². The summed E-state index contributed by atoms with van der Waals surface area (Å²) in [5, 5.41) is 12.7. The van der Waals surface area contributed by atoms with Crippen LogP contribution in [0.3, 0.4) is 0 Å². The molecule has 0 aromatic heterocycles. The summed E-state index contributed by atoms with van der Waals surface area (Å²) in [7, 11) is -3.75. The van der Waals surface area contributed by atoms with Crippen LogP contribution in [0.15, 0.2) is 89.8 Å². The number of benzene rings is 4. The summed E-state index contributed by atoms with van der Waals surface area (Å²) in [4.78, 5) is 39.0. The molecule has 0 bridgehead atoms. The molecule has 2 aliphatic rings. The Morgan fingerprint density at radius 1 is 0.878 bits per heavy atom. The van der Waals surface area contributed by atoms with Crippen LogP contribution in [-0.2, 0) is 27.8 Å². The lowest BCUT2D eigenvalue weighted by Gasteiger charge is -2.29. The van der Waals surface area contributed by atoms with Gasteiger partial charge in [0.15, 0.2) is 11.8 Å². The fraction of sp³-hybridized carbons (Fsp3) is 0.156. The minimum atomic E-state index is -3.75. The van der Waals surface area contributed by atoms with Crippen molar-refractivity contribution in [1.82, 2.24) is 9.62 Å². The molecule has 4 aromatic carbocycles. The van der Waals surface area contributed by atoms with Crippen molar-refractivity contribution in [3.8, 4) is 11.1 Å². The lowest BCUT2D eigenvalue weighted by atomic mass is 9.95. The van der Waals surface area contributed by atoms with Crippen molar-refractivity contribution < 1.29 is 27.9 Å². The highest BCUT2D eigenvalue weighted by atomic mass is 32.2. The summed E-state index contributed by atoms with van der Waals surface area (Å²) in [6.07, 6.45) is 0.481. The highest BCUT2D eigenvalue weighted by Crippen LogP contribution is 2.39. The van der Waals surface area contributed by atoms with Crippen LogP contribution in [0, 0.1) is 6.92 Å². The number of sulfonamides is 1. The van der Waals surface area contributed by atoms with E-state index >= 15 is 0 Å². The average Bonchev–Trinajstić information content (AvgIpc) is 3.27. The quantitative estimate of drug-likeness (QED) is 0.312. The molecule has 4 aromatic rings. The second-order valence-electron chi connectivity index (χ2n) is 10.3. The largest absolute Gasteiger partial charge is 0.479 e. The molecule has 206 valence electrons. The number of rotatable bonds is 6. The number of aryl methyl sites for hydroxylation is 1. The predicted molar refractivity (Wildman–Crippen MR) is 152 cm³/mol. The molecule has 0 saturated carbocycles. The first kappa shape index (κ1) is 26.6. The van der Waals surface area contributed by atoms with Gasteiger partial charge >= 0.3 is 5.97 Å². The number of amides is 1. The van der Waals surface area contributed by atoms with Gasteiger partial charge in [0.25, 0.3) is 5.91 Å². The Kier molecular flexibility index (Phi) is 6.56. The van der Waals surface area contributed by atoms with Gasteiger partial charge in [0.05, 0.1) is 4.90 Å². The normalized spacial score (nSPS) is 15.0. The number of carboxylic acids is 1. The molecule has 1 aliphatic carbocycles. The lowest BCUT2D eigenvalue weighted by molar-refractivity contribution is -0.139. The van der Waals surface area contributed by atoms with Gasteiger partial charge in [0.1, 0.15) is 0 Å². The highest BCUT2D eigenvalue weighted by molar-refractivity contribution is 7.89. The van der Waals surface area contributed by atoms with Crippen molar-refractivity contribution in [2.45, 2.75) is 30.8 Å². The third-order valence-electron chi connectivity index (χ3n) is 7.69. The summed E-state index contributed by atoms with van der Waals surface area (Å²) in [6, 6.07) is 22.3. The van der Waals surface area contributed by atoms with Crippen molar-refractivity contribution in [3.63, 3.8) is 0 Å². The predicted octanol–water partition coefficient (Wildman–Crippen LogP) is 4.51. The van der Waals surface area contributed by atoms with Gasteiger partial charge in [-0.25, -0.2) is 13.2 Å². The molecule has 0 saturated heterocycles. The Morgan fingerprint density at radius 2 is 1.61 bits per heavy atom. The molecule has 1 aliphatic heterocycles. The molecular weight excluding hydrogens is 540 g/mol. The summed E-state index contributed by atoms with van der Waals surface area (Å²) >= 11 is 0. The Morgan fingerprint density at radius 3 is 2.37 bits per heavy atom. The van der Waals surface area contributed by atoms with E-state index < -0.39 is 27.9 Å². The number of hydrogen-bond acceptors (Lipinski definition) is 5. The molecule has 2 N–H and O–H groups in total. The van der Waals surface area contributed by atoms with Crippen LogP contribution in [0.2, 0.25) is 0 Å². The Balaban J connectivity index is 1.29. The Bertz CT molecular complexity index is 1860. The zero-order chi connectivity index (χ0) is 28.9. The number of carbonyl (C=O) groups excluding carboxylic acids is 2. The van der Waals surface area contributed by atoms with Gasteiger partial charge in [-0.05, 0) is 59.4 Å². The van der Waals surface area contributed by atoms with E-state index in [-0.39, 0.29) is 22.8 Å². The molecule has 1 atom stereocenters.